The summed E-state index contributed by atoms with van der Waals surface area (Å²) in [7, 11) is 1.93. The zero-order valence-corrected chi connectivity index (χ0v) is 18.0. The Morgan fingerprint density at radius 2 is 1.90 bits per heavy atom. The number of anilines is 1. The molecule has 6 nitrogen and oxygen atoms in total. The Balaban J connectivity index is 1.44. The fourth-order valence-corrected chi connectivity index (χ4v) is 5.37. The Bertz CT molecular complexity index is 1160. The van der Waals surface area contributed by atoms with Gasteiger partial charge in [-0.3, -0.25) is 0 Å². The van der Waals surface area contributed by atoms with Gasteiger partial charge in [0.15, 0.2) is 0 Å². The van der Waals surface area contributed by atoms with Gasteiger partial charge >= 0.3 is 0 Å². The Labute approximate surface area is 179 Å². The van der Waals surface area contributed by atoms with Crippen molar-refractivity contribution in [1.29, 1.82) is 0 Å². The molecular formula is C23H25N5OS. The van der Waals surface area contributed by atoms with Gasteiger partial charge in [-0.05, 0) is 31.2 Å². The molecule has 0 saturated carbocycles. The van der Waals surface area contributed by atoms with E-state index in [2.05, 4.69) is 39.5 Å². The van der Waals surface area contributed by atoms with Gasteiger partial charge < -0.3 is 14.6 Å². The van der Waals surface area contributed by atoms with E-state index >= 15 is 0 Å². The number of imidazole rings is 1. The van der Waals surface area contributed by atoms with E-state index in [4.69, 9.17) is 9.97 Å². The van der Waals surface area contributed by atoms with E-state index < -0.39 is 6.10 Å². The van der Waals surface area contributed by atoms with E-state index in [1.54, 1.807) is 17.5 Å². The third kappa shape index (κ3) is 3.38. The van der Waals surface area contributed by atoms with Crippen LogP contribution in [0.3, 0.4) is 0 Å². The average molecular weight is 420 g/mol. The zero-order chi connectivity index (χ0) is 20.7. The van der Waals surface area contributed by atoms with Crippen LogP contribution in [0.25, 0.3) is 21.3 Å². The van der Waals surface area contributed by atoms with E-state index in [-0.39, 0.29) is 5.92 Å². The smallest absolute Gasteiger partial charge is 0.141 e. The van der Waals surface area contributed by atoms with Crippen molar-refractivity contribution in [3.8, 4) is 11.1 Å². The van der Waals surface area contributed by atoms with Crippen LogP contribution in [0.2, 0.25) is 0 Å². The summed E-state index contributed by atoms with van der Waals surface area (Å²) < 4.78 is 1.91. The second-order valence-electron chi connectivity index (χ2n) is 7.96. The van der Waals surface area contributed by atoms with Crippen LogP contribution in [0.5, 0.6) is 0 Å². The highest BCUT2D eigenvalue weighted by Gasteiger charge is 2.30. The molecule has 4 heterocycles. The molecule has 1 aliphatic rings. The van der Waals surface area contributed by atoms with Gasteiger partial charge in [0, 0.05) is 43.5 Å². The second-order valence-corrected chi connectivity index (χ2v) is 8.81. The lowest BCUT2D eigenvalue weighted by atomic mass is 9.90. The fraction of sp³-hybridized carbons (Fsp3) is 0.348. The zero-order valence-electron chi connectivity index (χ0n) is 17.2. The van der Waals surface area contributed by atoms with Crippen LogP contribution in [-0.4, -0.2) is 37.7 Å². The number of aliphatic hydroxyl groups excluding tert-OH is 1. The third-order valence-corrected chi connectivity index (χ3v) is 6.89. The lowest BCUT2D eigenvalue weighted by Gasteiger charge is -2.35. The lowest BCUT2D eigenvalue weighted by Crippen LogP contribution is -2.36. The van der Waals surface area contributed by atoms with Crippen LogP contribution in [0.1, 0.15) is 30.6 Å². The highest BCUT2D eigenvalue weighted by molar-refractivity contribution is 7.17. The van der Waals surface area contributed by atoms with Gasteiger partial charge in [0.2, 0.25) is 0 Å². The summed E-state index contributed by atoms with van der Waals surface area (Å²) >= 11 is 1.68. The van der Waals surface area contributed by atoms with Crippen molar-refractivity contribution in [1.82, 2.24) is 19.5 Å². The molecule has 0 aliphatic carbocycles. The van der Waals surface area contributed by atoms with Crippen molar-refractivity contribution >= 4 is 27.4 Å². The number of aromatic nitrogens is 4. The number of piperidine rings is 1. The first-order chi connectivity index (χ1) is 14.6. The van der Waals surface area contributed by atoms with Crippen LogP contribution in [0, 0.1) is 12.8 Å². The first kappa shape index (κ1) is 19.2. The highest BCUT2D eigenvalue weighted by Crippen LogP contribution is 2.40. The summed E-state index contributed by atoms with van der Waals surface area (Å²) in [6, 6.07) is 10.5. The molecule has 3 aromatic heterocycles. The average Bonchev–Trinajstić information content (AvgIpc) is 3.39. The predicted molar refractivity (Wildman–Crippen MR) is 121 cm³/mol. The predicted octanol–water partition coefficient (Wildman–Crippen LogP) is 4.35. The van der Waals surface area contributed by atoms with E-state index in [0.29, 0.717) is 0 Å². The second kappa shape index (κ2) is 7.81. The molecule has 1 saturated heterocycles. The normalized spacial score (nSPS) is 16.3. The Morgan fingerprint density at radius 1 is 1.13 bits per heavy atom. The number of benzene rings is 1. The Morgan fingerprint density at radius 3 is 2.60 bits per heavy atom. The van der Waals surface area contributed by atoms with Crippen molar-refractivity contribution in [3.63, 3.8) is 0 Å². The molecule has 0 spiro atoms. The van der Waals surface area contributed by atoms with Crippen LogP contribution in [0.15, 0.2) is 48.1 Å². The lowest BCUT2D eigenvalue weighted by molar-refractivity contribution is 0.0824. The maximum absolute atomic E-state index is 10.8. The summed E-state index contributed by atoms with van der Waals surface area (Å²) in [6.45, 7) is 3.69. The molecule has 1 fully saturated rings. The molecular weight excluding hydrogens is 394 g/mol. The summed E-state index contributed by atoms with van der Waals surface area (Å²) in [5.74, 6) is 2.77. The van der Waals surface area contributed by atoms with Crippen molar-refractivity contribution < 1.29 is 5.11 Å². The van der Waals surface area contributed by atoms with Gasteiger partial charge in [0.05, 0.1) is 5.39 Å². The van der Waals surface area contributed by atoms with Crippen LogP contribution in [-0.2, 0) is 7.05 Å². The first-order valence-corrected chi connectivity index (χ1v) is 11.2. The number of aliphatic hydroxyl groups is 1. The Hall–Kier alpha value is -2.77. The molecule has 30 heavy (non-hydrogen) atoms. The number of hydrogen-bond acceptors (Lipinski definition) is 6. The minimum atomic E-state index is -0.527. The monoisotopic (exact) mass is 419 g/mol. The fourth-order valence-electron chi connectivity index (χ4n) is 4.39. The number of nitrogens with zero attached hydrogens (tertiary/aromatic N) is 5. The molecule has 1 aromatic carbocycles. The Kier molecular flexibility index (Phi) is 5.00. The third-order valence-electron chi connectivity index (χ3n) is 6.02. The summed E-state index contributed by atoms with van der Waals surface area (Å²) in [5, 5.41) is 14.2. The minimum absolute atomic E-state index is 0.205. The standard InChI is InChI=1S/C23H25N5OS/c1-15-25-21(19-18(14-30-23(19)26-15)16-6-4-3-5-7-16)28-11-8-17(9-12-28)20(29)22-24-10-13-27(22)2/h3-7,10,13-14,17,20,29H,8-9,11-12H2,1-2H3. The topological polar surface area (TPSA) is 67.1 Å². The van der Waals surface area contributed by atoms with Gasteiger partial charge in [0.1, 0.15) is 28.4 Å². The first-order valence-electron chi connectivity index (χ1n) is 10.3. The van der Waals surface area contributed by atoms with Crippen LogP contribution in [0.4, 0.5) is 5.82 Å². The maximum Gasteiger partial charge on any atom is 0.141 e. The number of fused-ring (bicyclic) bond motifs is 1. The quantitative estimate of drug-likeness (QED) is 0.533. The minimum Gasteiger partial charge on any atom is -0.385 e. The molecule has 1 atom stereocenters. The molecule has 1 unspecified atom stereocenters. The van der Waals surface area contributed by atoms with Crippen molar-refractivity contribution in [2.75, 3.05) is 18.0 Å². The van der Waals surface area contributed by atoms with E-state index in [9.17, 15) is 5.11 Å². The molecule has 0 radical (unpaired) electrons. The number of hydrogen-bond donors (Lipinski definition) is 1. The molecule has 1 aliphatic heterocycles. The van der Waals surface area contributed by atoms with Gasteiger partial charge in [-0.15, -0.1) is 11.3 Å². The van der Waals surface area contributed by atoms with Gasteiger partial charge in [-0.25, -0.2) is 15.0 Å². The van der Waals surface area contributed by atoms with Gasteiger partial charge in [0.25, 0.3) is 0 Å². The molecule has 1 N–H and O–H groups in total. The van der Waals surface area contributed by atoms with Crippen molar-refractivity contribution in [2.24, 2.45) is 13.0 Å². The van der Waals surface area contributed by atoms with Crippen LogP contribution < -0.4 is 4.90 Å². The van der Waals surface area contributed by atoms with E-state index in [1.165, 1.54) is 11.1 Å². The molecule has 0 amide bonds. The summed E-state index contributed by atoms with van der Waals surface area (Å²) in [4.78, 5) is 17.3. The molecule has 154 valence electrons. The van der Waals surface area contributed by atoms with E-state index in [1.807, 2.05) is 30.8 Å². The van der Waals surface area contributed by atoms with Crippen LogP contribution >= 0.6 is 11.3 Å². The van der Waals surface area contributed by atoms with Gasteiger partial charge in [-0.1, -0.05) is 30.3 Å². The number of aryl methyl sites for hydroxylation is 2. The largest absolute Gasteiger partial charge is 0.385 e. The SMILES string of the molecule is Cc1nc(N2CCC(C(O)c3nccn3C)CC2)c2c(-c3ccccc3)csc2n1. The summed E-state index contributed by atoms with van der Waals surface area (Å²) in [6.07, 6.45) is 4.92. The molecule has 0 bridgehead atoms. The number of rotatable bonds is 4. The van der Waals surface area contributed by atoms with E-state index in [0.717, 1.165) is 53.6 Å². The van der Waals surface area contributed by atoms with Crippen molar-refractivity contribution in [2.45, 2.75) is 25.9 Å². The van der Waals surface area contributed by atoms with Gasteiger partial charge in [-0.2, -0.15) is 0 Å². The molecule has 7 heteroatoms. The van der Waals surface area contributed by atoms with Crippen molar-refractivity contribution in [3.05, 3.63) is 59.8 Å². The molecule has 5 rings (SSSR count). The highest BCUT2D eigenvalue weighted by atomic mass is 32.1. The summed E-state index contributed by atoms with van der Waals surface area (Å²) in [5.41, 5.74) is 2.39. The number of thiophene rings is 1. The molecule has 4 aromatic rings. The maximum atomic E-state index is 10.8.